The Hall–Kier alpha value is 0.819. The normalized spacial score (nSPS) is 10.3. The first-order chi connectivity index (χ1) is 6.56. The van der Waals surface area contributed by atoms with Crippen LogP contribution in [0.4, 0.5) is 0 Å². The van der Waals surface area contributed by atoms with Gasteiger partial charge in [-0.15, -0.1) is 0 Å². The number of pyridine rings is 1. The largest absolute Gasteiger partial charge is 0.265 e. The predicted octanol–water partition coefficient (Wildman–Crippen LogP) is 4.52. The van der Waals surface area contributed by atoms with Crippen molar-refractivity contribution in [2.75, 3.05) is 0 Å². The Kier molecular flexibility index (Phi) is 9.60. The van der Waals surface area contributed by atoms with Gasteiger partial charge in [0.05, 0.1) is 0 Å². The molecule has 80 valence electrons. The second-order valence-electron chi connectivity index (χ2n) is 2.74. The van der Waals surface area contributed by atoms with Crippen molar-refractivity contribution < 1.29 is 0 Å². The molecule has 0 saturated heterocycles. The Balaban J connectivity index is 0.000000249. The minimum absolute atomic E-state index is 0.871. The molecule has 1 heterocycles. The van der Waals surface area contributed by atoms with Crippen LogP contribution in [0.1, 0.15) is 19.8 Å². The average molecular weight is 361 g/mol. The third-order valence-corrected chi connectivity index (χ3v) is 7.81. The van der Waals surface area contributed by atoms with Crippen molar-refractivity contribution in [2.45, 2.75) is 24.2 Å². The van der Waals surface area contributed by atoms with Crippen LogP contribution in [0, 0.1) is 0 Å². The van der Waals surface area contributed by atoms with E-state index < -0.39 is 15.0 Å². The summed E-state index contributed by atoms with van der Waals surface area (Å²) in [4.78, 5) is 3.78. The van der Waals surface area contributed by atoms with Crippen LogP contribution in [0.15, 0.2) is 30.6 Å². The first-order valence-electron chi connectivity index (χ1n) is 4.48. The topological polar surface area (TPSA) is 12.9 Å². The van der Waals surface area contributed by atoms with Crippen molar-refractivity contribution in [1.82, 2.24) is 4.98 Å². The fraction of sp³-hybridized carbons (Fsp3) is 0.444. The molecule has 0 aromatic carbocycles. The maximum atomic E-state index is 5.65. The monoisotopic (exact) mass is 361 g/mol. The van der Waals surface area contributed by atoms with Crippen molar-refractivity contribution in [1.29, 1.82) is 0 Å². The van der Waals surface area contributed by atoms with E-state index in [1.165, 1.54) is 0 Å². The van der Waals surface area contributed by atoms with Gasteiger partial charge in [-0.3, -0.25) is 4.98 Å². The summed E-state index contributed by atoms with van der Waals surface area (Å²) in [6, 6.07) is 5.72. The molecule has 0 N–H and O–H groups in total. The van der Waals surface area contributed by atoms with Crippen molar-refractivity contribution in [2.24, 2.45) is 0 Å². The number of halogens is 3. The Morgan fingerprint density at radius 1 is 1.07 bits per heavy atom. The first kappa shape index (κ1) is 14.8. The van der Waals surface area contributed by atoms with Crippen molar-refractivity contribution in [3.05, 3.63) is 30.6 Å². The second-order valence-corrected chi connectivity index (χ2v) is 24.6. The van der Waals surface area contributed by atoms with Gasteiger partial charge in [0.1, 0.15) is 0 Å². The van der Waals surface area contributed by atoms with Gasteiger partial charge in [0.25, 0.3) is 0 Å². The Morgan fingerprint density at radius 2 is 1.64 bits per heavy atom. The van der Waals surface area contributed by atoms with E-state index in [-0.39, 0.29) is 0 Å². The summed E-state index contributed by atoms with van der Waals surface area (Å²) in [5.74, 6) is 0. The molecule has 0 spiro atoms. The van der Waals surface area contributed by atoms with Gasteiger partial charge in [0, 0.05) is 12.4 Å². The fourth-order valence-electron chi connectivity index (χ4n) is 0.690. The molecule has 1 rings (SSSR count). The van der Waals surface area contributed by atoms with Gasteiger partial charge in [-0.25, -0.2) is 0 Å². The van der Waals surface area contributed by atoms with Gasteiger partial charge >= 0.3 is 66.0 Å². The van der Waals surface area contributed by atoms with Crippen molar-refractivity contribution >= 4 is 41.8 Å². The molecule has 1 aromatic rings. The number of nitrogens with zero attached hydrogens (tertiary/aromatic N) is 1. The van der Waals surface area contributed by atoms with Gasteiger partial charge in [-0.1, -0.05) is 6.07 Å². The van der Waals surface area contributed by atoms with E-state index in [2.05, 4.69) is 11.9 Å². The summed E-state index contributed by atoms with van der Waals surface area (Å²) in [6.45, 7) is 2.10. The van der Waals surface area contributed by atoms with Crippen LogP contribution in [0.5, 0.6) is 0 Å². The molecule has 14 heavy (non-hydrogen) atoms. The Labute approximate surface area is 101 Å². The summed E-state index contributed by atoms with van der Waals surface area (Å²) in [6.07, 6.45) is 5.71. The third kappa shape index (κ3) is 12.8. The summed E-state index contributed by atoms with van der Waals surface area (Å²) in [7, 11) is 17.0. The van der Waals surface area contributed by atoms with Crippen LogP contribution >= 0.6 is 26.8 Å². The smallest absolute Gasteiger partial charge is 0.0267 e. The Morgan fingerprint density at radius 3 is 1.79 bits per heavy atom. The minimum atomic E-state index is -2.89. The quantitative estimate of drug-likeness (QED) is 0.722. The van der Waals surface area contributed by atoms with Crippen LogP contribution in [-0.4, -0.2) is 20.0 Å². The van der Waals surface area contributed by atoms with Gasteiger partial charge in [0.2, 0.25) is 0 Å². The van der Waals surface area contributed by atoms with Crippen LogP contribution in [0.25, 0.3) is 0 Å². The number of aromatic nitrogens is 1. The van der Waals surface area contributed by atoms with Crippen LogP contribution < -0.4 is 0 Å². The van der Waals surface area contributed by atoms with E-state index in [9.17, 15) is 0 Å². The van der Waals surface area contributed by atoms with Crippen molar-refractivity contribution in [3.63, 3.8) is 0 Å². The van der Waals surface area contributed by atoms with Gasteiger partial charge < -0.3 is 0 Å². The zero-order chi connectivity index (χ0) is 10.9. The number of unbranched alkanes of at least 4 members (excludes halogenated alkanes) is 1. The standard InChI is InChI=1S/C5H5N.C4H9.3ClH.Sn/c1-2-4-6-5-3-1;1-3-4-2;;;;/h1-5H;1,3-4H2,2H3;3*1H;/q;;;;;+3/p-3. The molecule has 0 aliphatic rings. The van der Waals surface area contributed by atoms with Gasteiger partial charge in [-0.2, -0.15) is 0 Å². The SMILES string of the molecule is CCC[CH2][Sn]([Cl])([Cl])[Cl].c1ccncc1. The molecule has 0 amide bonds. The van der Waals surface area contributed by atoms with Crippen molar-refractivity contribution in [3.8, 4) is 0 Å². The maximum absolute atomic E-state index is 5.65. The molecular formula is C9H14Cl3NSn. The molecule has 5 heteroatoms. The van der Waals surface area contributed by atoms with E-state index in [1.807, 2.05) is 18.2 Å². The number of hydrogen-bond donors (Lipinski definition) is 0. The zero-order valence-electron chi connectivity index (χ0n) is 8.09. The fourth-order valence-corrected chi connectivity index (χ4v) is 5.53. The molecule has 0 aliphatic carbocycles. The Bertz CT molecular complexity index is 186. The second kappa shape index (κ2) is 9.07. The molecule has 0 saturated carbocycles. The minimum Gasteiger partial charge on any atom is -0.265 e. The van der Waals surface area contributed by atoms with E-state index in [1.54, 1.807) is 12.4 Å². The van der Waals surface area contributed by atoms with Gasteiger partial charge in [-0.05, 0) is 12.1 Å². The third-order valence-electron chi connectivity index (χ3n) is 1.38. The molecule has 1 aromatic heterocycles. The summed E-state index contributed by atoms with van der Waals surface area (Å²) >= 11 is -2.89. The average Bonchev–Trinajstić information content (AvgIpc) is 2.17. The molecule has 0 unspecified atom stereocenters. The first-order valence-corrected chi connectivity index (χ1v) is 17.3. The van der Waals surface area contributed by atoms with Gasteiger partial charge in [0.15, 0.2) is 0 Å². The summed E-state index contributed by atoms with van der Waals surface area (Å²) in [5, 5.41) is 0. The van der Waals surface area contributed by atoms with Crippen LogP contribution in [-0.2, 0) is 0 Å². The van der Waals surface area contributed by atoms with E-state index in [0.717, 1.165) is 17.3 Å². The van der Waals surface area contributed by atoms with Crippen LogP contribution in [0.2, 0.25) is 4.44 Å². The molecule has 0 radical (unpaired) electrons. The molecule has 0 fully saturated rings. The summed E-state index contributed by atoms with van der Waals surface area (Å²) < 4.78 is 0.871. The zero-order valence-corrected chi connectivity index (χ0v) is 13.2. The molecule has 0 aliphatic heterocycles. The van der Waals surface area contributed by atoms with E-state index in [4.69, 9.17) is 26.8 Å². The summed E-state index contributed by atoms with van der Waals surface area (Å²) in [5.41, 5.74) is 0. The molecular weight excluding hydrogens is 347 g/mol. The number of hydrogen-bond acceptors (Lipinski definition) is 1. The molecule has 1 nitrogen and oxygen atoms in total. The van der Waals surface area contributed by atoms with E-state index >= 15 is 0 Å². The predicted molar refractivity (Wildman–Crippen MR) is 67.3 cm³/mol. The number of rotatable bonds is 3. The van der Waals surface area contributed by atoms with Crippen LogP contribution in [0.3, 0.4) is 0 Å². The molecule has 0 atom stereocenters. The molecule has 0 bridgehead atoms. The maximum Gasteiger partial charge on any atom is 0.0267 e. The van der Waals surface area contributed by atoms with E-state index in [0.29, 0.717) is 0 Å².